The van der Waals surface area contributed by atoms with E-state index in [1.165, 1.54) is 16.3 Å². The fourth-order valence-corrected chi connectivity index (χ4v) is 2.79. The molecule has 0 aliphatic carbocycles. The Hall–Kier alpha value is -1.01. The van der Waals surface area contributed by atoms with Crippen molar-refractivity contribution in [2.45, 2.75) is 19.3 Å². The molecule has 0 amide bonds. The minimum Gasteiger partial charge on any atom is -0.293 e. The monoisotopic (exact) mass is 328 g/mol. The van der Waals surface area contributed by atoms with Crippen molar-refractivity contribution < 1.29 is 0 Å². The van der Waals surface area contributed by atoms with Gasteiger partial charge in [-0.3, -0.25) is 9.36 Å². The van der Waals surface area contributed by atoms with Gasteiger partial charge in [0.05, 0.1) is 16.8 Å². The summed E-state index contributed by atoms with van der Waals surface area (Å²) in [7, 11) is 0. The lowest BCUT2D eigenvalue weighted by molar-refractivity contribution is 0.651. The van der Waals surface area contributed by atoms with E-state index in [-0.39, 0.29) is 11.2 Å². The average Bonchev–Trinajstić information content (AvgIpc) is 2.36. The van der Waals surface area contributed by atoms with Crippen LogP contribution in [-0.2, 0) is 12.4 Å². The molecule has 0 saturated heterocycles. The summed E-state index contributed by atoms with van der Waals surface area (Å²) < 4.78 is 3.74. The van der Waals surface area contributed by atoms with Crippen molar-refractivity contribution >= 4 is 38.6 Å². The molecule has 2 aromatic rings. The molecule has 0 spiro atoms. The van der Waals surface area contributed by atoms with E-state index in [1.807, 2.05) is 19.2 Å². The first-order chi connectivity index (χ1) is 8.60. The van der Waals surface area contributed by atoms with E-state index in [2.05, 4.69) is 15.9 Å². The first-order valence-corrected chi connectivity index (χ1v) is 7.70. The highest BCUT2D eigenvalue weighted by Gasteiger charge is 2.11. The van der Waals surface area contributed by atoms with Gasteiger partial charge < -0.3 is 0 Å². The summed E-state index contributed by atoms with van der Waals surface area (Å²) in [5.41, 5.74) is 0.218. The second-order valence-corrected chi connectivity index (χ2v) is 5.59. The number of benzene rings is 1. The third-order valence-electron chi connectivity index (χ3n) is 2.76. The zero-order valence-electron chi connectivity index (χ0n) is 10.1. The zero-order chi connectivity index (χ0) is 13.3. The van der Waals surface area contributed by atoms with Gasteiger partial charge in [-0.2, -0.15) is 0 Å². The van der Waals surface area contributed by atoms with Crippen molar-refractivity contribution in [3.63, 3.8) is 0 Å². The number of halogens is 1. The van der Waals surface area contributed by atoms with E-state index < -0.39 is 0 Å². The Morgan fingerprint density at radius 2 is 2.00 bits per heavy atom. The highest BCUT2D eigenvalue weighted by atomic mass is 79.9. The molecule has 0 unspecified atom stereocenters. The molecular formula is C12H13BrN2O2S. The lowest BCUT2D eigenvalue weighted by atomic mass is 10.2. The van der Waals surface area contributed by atoms with Crippen molar-refractivity contribution in [2.24, 2.45) is 0 Å². The predicted molar refractivity (Wildman–Crippen MR) is 79.4 cm³/mol. The second-order valence-electron chi connectivity index (χ2n) is 3.84. The van der Waals surface area contributed by atoms with E-state index >= 15 is 0 Å². The van der Waals surface area contributed by atoms with E-state index in [1.54, 1.807) is 16.7 Å². The predicted octanol–water partition coefficient (Wildman–Crippen LogP) is 2.27. The molecule has 18 heavy (non-hydrogen) atoms. The van der Waals surface area contributed by atoms with Crippen LogP contribution in [-0.4, -0.2) is 15.4 Å². The highest BCUT2D eigenvalue weighted by Crippen LogP contribution is 2.16. The van der Waals surface area contributed by atoms with Crippen LogP contribution < -0.4 is 11.2 Å². The summed E-state index contributed by atoms with van der Waals surface area (Å²) in [4.78, 5) is 24.5. The van der Waals surface area contributed by atoms with Crippen molar-refractivity contribution in [1.29, 1.82) is 0 Å². The molecule has 0 N–H and O–H groups in total. The number of hydrogen-bond acceptors (Lipinski definition) is 3. The van der Waals surface area contributed by atoms with Crippen LogP contribution >= 0.6 is 27.7 Å². The van der Waals surface area contributed by atoms with Crippen LogP contribution in [0.25, 0.3) is 10.9 Å². The lowest BCUT2D eigenvalue weighted by Crippen LogP contribution is -2.39. The summed E-state index contributed by atoms with van der Waals surface area (Å²) in [6.07, 6.45) is 1.87. The Kier molecular flexibility index (Phi) is 3.97. The van der Waals surface area contributed by atoms with Crippen LogP contribution in [0.5, 0.6) is 0 Å². The molecule has 2 rings (SSSR count). The molecule has 0 radical (unpaired) electrons. The smallest absolute Gasteiger partial charge is 0.293 e. The Morgan fingerprint density at radius 3 is 2.61 bits per heavy atom. The summed E-state index contributed by atoms with van der Waals surface area (Å²) in [6, 6.07) is 5.40. The van der Waals surface area contributed by atoms with Crippen molar-refractivity contribution in [3.05, 3.63) is 43.5 Å². The standard InChI is InChI=1S/C12H13BrN2O2S/c1-3-14-10-5-4-8(13)6-9(10)11(16)15(7-18-2)12(14)17/h4-6H,3,7H2,1-2H3. The van der Waals surface area contributed by atoms with Crippen molar-refractivity contribution in [1.82, 2.24) is 9.13 Å². The fourth-order valence-electron chi connectivity index (χ4n) is 1.94. The maximum absolute atomic E-state index is 12.3. The minimum atomic E-state index is -0.244. The van der Waals surface area contributed by atoms with Crippen LogP contribution in [0.15, 0.2) is 32.3 Å². The van der Waals surface area contributed by atoms with Gasteiger partial charge in [0.1, 0.15) is 0 Å². The molecule has 4 nitrogen and oxygen atoms in total. The number of aryl methyl sites for hydroxylation is 1. The third-order valence-corrected chi connectivity index (χ3v) is 3.77. The first-order valence-electron chi connectivity index (χ1n) is 5.52. The summed E-state index contributed by atoms with van der Waals surface area (Å²) in [5.74, 6) is 0.375. The molecule has 6 heteroatoms. The Bertz CT molecular complexity index is 706. The topological polar surface area (TPSA) is 44.0 Å². The van der Waals surface area contributed by atoms with Gasteiger partial charge >= 0.3 is 5.69 Å². The Morgan fingerprint density at radius 1 is 1.28 bits per heavy atom. The van der Waals surface area contributed by atoms with Crippen LogP contribution in [0.3, 0.4) is 0 Å². The summed E-state index contributed by atoms with van der Waals surface area (Å²) in [6.45, 7) is 2.45. The van der Waals surface area contributed by atoms with Gasteiger partial charge in [-0.05, 0) is 31.4 Å². The van der Waals surface area contributed by atoms with E-state index in [4.69, 9.17) is 0 Å². The molecule has 0 aliphatic rings. The van der Waals surface area contributed by atoms with Crippen LogP contribution in [0.2, 0.25) is 0 Å². The molecule has 1 aromatic carbocycles. The average molecular weight is 329 g/mol. The molecule has 0 aliphatic heterocycles. The SMILES string of the molecule is CCn1c(=O)n(CSC)c(=O)c2cc(Br)ccc21. The molecule has 0 saturated carbocycles. The van der Waals surface area contributed by atoms with Gasteiger partial charge in [-0.15, -0.1) is 11.8 Å². The van der Waals surface area contributed by atoms with Crippen LogP contribution in [0, 0.1) is 0 Å². The van der Waals surface area contributed by atoms with Crippen molar-refractivity contribution in [3.8, 4) is 0 Å². The van der Waals surface area contributed by atoms with E-state index in [0.717, 1.165) is 4.47 Å². The van der Waals surface area contributed by atoms with E-state index in [9.17, 15) is 9.59 Å². The van der Waals surface area contributed by atoms with Gasteiger partial charge in [0.2, 0.25) is 0 Å². The number of hydrogen-bond donors (Lipinski definition) is 0. The maximum atomic E-state index is 12.3. The minimum absolute atomic E-state index is 0.227. The van der Waals surface area contributed by atoms with Gasteiger partial charge in [0.15, 0.2) is 0 Å². The first kappa shape index (κ1) is 13.4. The van der Waals surface area contributed by atoms with Gasteiger partial charge in [0, 0.05) is 11.0 Å². The number of rotatable bonds is 3. The largest absolute Gasteiger partial charge is 0.332 e. The number of fused-ring (bicyclic) bond motifs is 1. The quantitative estimate of drug-likeness (QED) is 0.868. The molecule has 0 atom stereocenters. The highest BCUT2D eigenvalue weighted by molar-refractivity contribution is 9.10. The maximum Gasteiger partial charge on any atom is 0.332 e. The molecule has 1 aromatic heterocycles. The van der Waals surface area contributed by atoms with Gasteiger partial charge in [0.25, 0.3) is 5.56 Å². The van der Waals surface area contributed by atoms with Crippen LogP contribution in [0.4, 0.5) is 0 Å². The summed E-state index contributed by atoms with van der Waals surface area (Å²) >= 11 is 4.81. The van der Waals surface area contributed by atoms with Crippen molar-refractivity contribution in [2.75, 3.05) is 6.26 Å². The third kappa shape index (κ3) is 2.14. The number of thioether (sulfide) groups is 1. The Balaban J connectivity index is 2.96. The second kappa shape index (κ2) is 5.32. The van der Waals surface area contributed by atoms with E-state index in [0.29, 0.717) is 23.3 Å². The van der Waals surface area contributed by atoms with Gasteiger partial charge in [-0.1, -0.05) is 15.9 Å². The fraction of sp³-hybridized carbons (Fsp3) is 0.333. The summed E-state index contributed by atoms with van der Waals surface area (Å²) in [5, 5.41) is 0.569. The van der Waals surface area contributed by atoms with Crippen LogP contribution in [0.1, 0.15) is 6.92 Å². The number of nitrogens with zero attached hydrogens (tertiary/aromatic N) is 2. The normalized spacial score (nSPS) is 11.1. The number of aromatic nitrogens is 2. The molecular weight excluding hydrogens is 316 g/mol. The molecule has 96 valence electrons. The molecule has 0 fully saturated rings. The van der Waals surface area contributed by atoms with Gasteiger partial charge in [-0.25, -0.2) is 9.36 Å². The Labute approximate surface area is 117 Å². The zero-order valence-corrected chi connectivity index (χ0v) is 12.5. The molecule has 0 bridgehead atoms. The lowest BCUT2D eigenvalue weighted by Gasteiger charge is -2.11. The molecule has 1 heterocycles.